The monoisotopic (exact) mass is 438 g/mol. The fourth-order valence-corrected chi connectivity index (χ4v) is 6.16. The Kier molecular flexibility index (Phi) is 5.69. The summed E-state index contributed by atoms with van der Waals surface area (Å²) < 4.78 is 3.58. The van der Waals surface area contributed by atoms with Crippen LogP contribution in [0.15, 0.2) is 58.0 Å². The van der Waals surface area contributed by atoms with Gasteiger partial charge in [-0.2, -0.15) is 0 Å². The van der Waals surface area contributed by atoms with Gasteiger partial charge in [-0.3, -0.25) is 4.90 Å². The molecular formula is C23H26N4OS2. The van der Waals surface area contributed by atoms with Crippen LogP contribution in [0.4, 0.5) is 0 Å². The number of benzene rings is 1. The minimum absolute atomic E-state index is 0.621. The Bertz CT molecular complexity index is 1050. The highest BCUT2D eigenvalue weighted by Crippen LogP contribution is 2.48. The molecule has 0 unspecified atom stereocenters. The second-order valence-corrected chi connectivity index (χ2v) is 9.79. The maximum atomic E-state index is 5.84. The van der Waals surface area contributed by atoms with Crippen molar-refractivity contribution in [3.05, 3.63) is 59.2 Å². The molecule has 2 aliphatic rings. The molecule has 7 heteroatoms. The van der Waals surface area contributed by atoms with Gasteiger partial charge in [0, 0.05) is 44.5 Å². The number of thioether (sulfide) groups is 1. The quantitative estimate of drug-likeness (QED) is 0.256. The number of nitrogens with zero attached hydrogens (tertiary/aromatic N) is 4. The summed E-state index contributed by atoms with van der Waals surface area (Å²) in [6.45, 7) is 6.00. The van der Waals surface area contributed by atoms with Gasteiger partial charge >= 0.3 is 0 Å². The van der Waals surface area contributed by atoms with Crippen LogP contribution in [0.25, 0.3) is 16.8 Å². The molecule has 5 rings (SSSR count). The van der Waals surface area contributed by atoms with Gasteiger partial charge in [0.25, 0.3) is 0 Å². The predicted molar refractivity (Wildman–Crippen MR) is 126 cm³/mol. The fraction of sp³-hybridized carbons (Fsp3) is 0.348. The Morgan fingerprint density at radius 3 is 2.63 bits per heavy atom. The van der Waals surface area contributed by atoms with E-state index < -0.39 is 0 Å². The average molecular weight is 439 g/mol. The summed E-state index contributed by atoms with van der Waals surface area (Å²) in [7, 11) is 2.18. The highest BCUT2D eigenvalue weighted by atomic mass is 32.2. The van der Waals surface area contributed by atoms with Crippen molar-refractivity contribution >= 4 is 28.8 Å². The molecule has 0 spiro atoms. The van der Waals surface area contributed by atoms with Crippen LogP contribution < -0.4 is 0 Å². The van der Waals surface area contributed by atoms with E-state index in [0.29, 0.717) is 6.61 Å². The number of aromatic nitrogens is 1. The first-order valence-electron chi connectivity index (χ1n) is 10.3. The minimum atomic E-state index is 0.621. The molecule has 2 aliphatic heterocycles. The SMILES string of the molecule is CSc1sc2c(c1-c1ccccc1)-n1cccc1C2=NOCCN1CCN(C)CC1. The second-order valence-electron chi connectivity index (χ2n) is 7.69. The highest BCUT2D eigenvalue weighted by molar-refractivity contribution is 8.00. The first kappa shape index (κ1) is 19.9. The maximum Gasteiger partial charge on any atom is 0.146 e. The third kappa shape index (κ3) is 3.60. The Labute approximate surface area is 185 Å². The molecule has 1 fully saturated rings. The van der Waals surface area contributed by atoms with Gasteiger partial charge in [-0.1, -0.05) is 35.5 Å². The van der Waals surface area contributed by atoms with Gasteiger partial charge in [-0.05, 0) is 31.0 Å². The lowest BCUT2D eigenvalue weighted by Gasteiger charge is -2.31. The Balaban J connectivity index is 1.41. The van der Waals surface area contributed by atoms with Crippen LogP contribution in [0.2, 0.25) is 0 Å². The van der Waals surface area contributed by atoms with Crippen molar-refractivity contribution in [3.8, 4) is 16.8 Å². The van der Waals surface area contributed by atoms with E-state index in [-0.39, 0.29) is 0 Å². The van der Waals surface area contributed by atoms with Gasteiger partial charge in [0.2, 0.25) is 0 Å². The third-order valence-electron chi connectivity index (χ3n) is 5.80. The molecule has 3 aromatic rings. The number of hydrogen-bond donors (Lipinski definition) is 0. The number of rotatable bonds is 6. The van der Waals surface area contributed by atoms with Gasteiger partial charge in [-0.25, -0.2) is 0 Å². The fourth-order valence-electron chi connectivity index (χ4n) is 4.12. The Morgan fingerprint density at radius 2 is 1.87 bits per heavy atom. The molecule has 0 bridgehead atoms. The zero-order valence-corrected chi connectivity index (χ0v) is 19.0. The average Bonchev–Trinajstić information content (AvgIpc) is 3.45. The van der Waals surface area contributed by atoms with Gasteiger partial charge in [0.15, 0.2) is 0 Å². The van der Waals surface area contributed by atoms with Gasteiger partial charge in [-0.15, -0.1) is 23.1 Å². The molecule has 0 radical (unpaired) electrons. The van der Waals surface area contributed by atoms with Crippen LogP contribution in [0.5, 0.6) is 0 Å². The zero-order chi connectivity index (χ0) is 20.5. The number of piperazine rings is 1. The van der Waals surface area contributed by atoms with E-state index in [0.717, 1.165) is 44.1 Å². The highest BCUT2D eigenvalue weighted by Gasteiger charge is 2.32. The normalized spacial score (nSPS) is 18.0. The van der Waals surface area contributed by atoms with E-state index in [4.69, 9.17) is 4.84 Å². The van der Waals surface area contributed by atoms with Gasteiger partial charge in [0.1, 0.15) is 12.3 Å². The van der Waals surface area contributed by atoms with E-state index in [1.54, 1.807) is 11.8 Å². The third-order valence-corrected chi connectivity index (χ3v) is 8.10. The van der Waals surface area contributed by atoms with Crippen molar-refractivity contribution in [3.63, 3.8) is 0 Å². The molecule has 2 aromatic heterocycles. The number of fused-ring (bicyclic) bond motifs is 3. The summed E-state index contributed by atoms with van der Waals surface area (Å²) in [6, 6.07) is 14.9. The van der Waals surface area contributed by atoms with Crippen molar-refractivity contribution in [1.82, 2.24) is 14.4 Å². The van der Waals surface area contributed by atoms with Crippen LogP contribution in [-0.2, 0) is 4.84 Å². The molecule has 1 saturated heterocycles. The van der Waals surface area contributed by atoms with Crippen LogP contribution in [0, 0.1) is 0 Å². The molecule has 5 nitrogen and oxygen atoms in total. The van der Waals surface area contributed by atoms with Crippen LogP contribution in [0.3, 0.4) is 0 Å². The molecule has 0 atom stereocenters. The topological polar surface area (TPSA) is 33.0 Å². The number of likely N-dealkylation sites (N-methyl/N-ethyl adjacent to an activating group) is 1. The first-order chi connectivity index (χ1) is 14.8. The van der Waals surface area contributed by atoms with Crippen LogP contribution in [0.1, 0.15) is 10.6 Å². The largest absolute Gasteiger partial charge is 0.394 e. The predicted octanol–water partition coefficient (Wildman–Crippen LogP) is 4.26. The molecule has 30 heavy (non-hydrogen) atoms. The lowest BCUT2D eigenvalue weighted by Crippen LogP contribution is -2.45. The standard InChI is InChI=1S/C23H26N4OS2/c1-25-11-13-26(14-12-25)15-16-28-24-20-18-9-6-10-27(18)21-19(17-7-4-3-5-8-17)23(29-2)30-22(20)21/h3-10H,11-16H2,1-2H3. The molecule has 0 saturated carbocycles. The van der Waals surface area contributed by atoms with E-state index in [2.05, 4.69) is 81.5 Å². The van der Waals surface area contributed by atoms with Crippen molar-refractivity contribution in [2.45, 2.75) is 4.21 Å². The van der Waals surface area contributed by atoms with Crippen molar-refractivity contribution in [2.24, 2.45) is 5.16 Å². The summed E-state index contributed by atoms with van der Waals surface area (Å²) in [5, 5.41) is 4.62. The molecular weight excluding hydrogens is 412 g/mol. The van der Waals surface area contributed by atoms with Gasteiger partial charge in [0.05, 0.1) is 20.5 Å². The van der Waals surface area contributed by atoms with E-state index in [1.165, 1.54) is 25.9 Å². The van der Waals surface area contributed by atoms with E-state index >= 15 is 0 Å². The van der Waals surface area contributed by atoms with Gasteiger partial charge < -0.3 is 14.3 Å². The second kappa shape index (κ2) is 8.59. The summed E-state index contributed by atoms with van der Waals surface area (Å²) in [5.74, 6) is 0. The summed E-state index contributed by atoms with van der Waals surface area (Å²) in [4.78, 5) is 11.9. The van der Waals surface area contributed by atoms with Crippen LogP contribution in [-0.4, -0.2) is 72.7 Å². The molecule has 4 heterocycles. The molecule has 0 aliphatic carbocycles. The summed E-state index contributed by atoms with van der Waals surface area (Å²) in [6.07, 6.45) is 4.28. The number of hydrogen-bond acceptors (Lipinski definition) is 6. The first-order valence-corrected chi connectivity index (χ1v) is 12.4. The molecule has 1 aromatic carbocycles. The lowest BCUT2D eigenvalue weighted by molar-refractivity contribution is 0.0862. The summed E-state index contributed by atoms with van der Waals surface area (Å²) in [5.41, 5.74) is 5.84. The lowest BCUT2D eigenvalue weighted by atomic mass is 10.1. The Morgan fingerprint density at radius 1 is 1.07 bits per heavy atom. The van der Waals surface area contributed by atoms with Crippen molar-refractivity contribution < 1.29 is 4.84 Å². The number of oxime groups is 1. The maximum absolute atomic E-state index is 5.84. The zero-order valence-electron chi connectivity index (χ0n) is 17.4. The number of thiophene rings is 1. The Hall–Kier alpha value is -2.06. The van der Waals surface area contributed by atoms with E-state index in [9.17, 15) is 0 Å². The van der Waals surface area contributed by atoms with Crippen LogP contribution >= 0.6 is 23.1 Å². The smallest absolute Gasteiger partial charge is 0.146 e. The minimum Gasteiger partial charge on any atom is -0.394 e. The van der Waals surface area contributed by atoms with E-state index in [1.807, 2.05) is 11.3 Å². The van der Waals surface area contributed by atoms with Crippen molar-refractivity contribution in [2.75, 3.05) is 52.6 Å². The van der Waals surface area contributed by atoms with Crippen molar-refractivity contribution in [1.29, 1.82) is 0 Å². The molecule has 0 N–H and O–H groups in total. The molecule has 156 valence electrons. The molecule has 0 amide bonds. The summed E-state index contributed by atoms with van der Waals surface area (Å²) >= 11 is 3.61.